The maximum Gasteiger partial charge on any atom is 0.377 e. The van der Waals surface area contributed by atoms with Crippen LogP contribution in [0.3, 0.4) is 0 Å². The monoisotopic (exact) mass is 256 g/mol. The largest absolute Gasteiger partial charge is 0.496 e. The van der Waals surface area contributed by atoms with Gasteiger partial charge in [0.2, 0.25) is 0 Å². The number of carbonyl (C=O) groups is 2. The molecule has 4 heteroatoms. The highest BCUT2D eigenvalue weighted by atomic mass is 16.5. The van der Waals surface area contributed by atoms with E-state index < -0.39 is 11.8 Å². The molecule has 2 aromatic carbocycles. The maximum atomic E-state index is 11.5. The van der Waals surface area contributed by atoms with Crippen LogP contribution in [0.15, 0.2) is 48.5 Å². The van der Waals surface area contributed by atoms with E-state index in [1.807, 2.05) is 30.3 Å². The summed E-state index contributed by atoms with van der Waals surface area (Å²) in [5.74, 6) is -1.81. The van der Waals surface area contributed by atoms with Crippen LogP contribution in [0.1, 0.15) is 10.4 Å². The Hall–Kier alpha value is -2.62. The van der Waals surface area contributed by atoms with Crippen molar-refractivity contribution < 1.29 is 19.4 Å². The Morgan fingerprint density at radius 1 is 1.05 bits per heavy atom. The summed E-state index contributed by atoms with van der Waals surface area (Å²) < 4.78 is 5.24. The van der Waals surface area contributed by atoms with E-state index in [1.165, 1.54) is 19.2 Å². The molecule has 19 heavy (non-hydrogen) atoms. The predicted octanol–water partition coefficient (Wildman–Crippen LogP) is 2.63. The van der Waals surface area contributed by atoms with E-state index in [2.05, 4.69) is 0 Å². The summed E-state index contributed by atoms with van der Waals surface area (Å²) in [7, 11) is 1.53. The quantitative estimate of drug-likeness (QED) is 0.674. The molecule has 2 aromatic rings. The van der Waals surface area contributed by atoms with Gasteiger partial charge in [-0.1, -0.05) is 30.3 Å². The lowest BCUT2D eigenvalue weighted by Crippen LogP contribution is -2.12. The smallest absolute Gasteiger partial charge is 0.377 e. The number of methoxy groups -OCH3 is 1. The van der Waals surface area contributed by atoms with Crippen LogP contribution in [0.2, 0.25) is 0 Å². The van der Waals surface area contributed by atoms with Crippen molar-refractivity contribution in [1.29, 1.82) is 0 Å². The summed E-state index contributed by atoms with van der Waals surface area (Å²) in [4.78, 5) is 22.2. The van der Waals surface area contributed by atoms with Gasteiger partial charge in [0.15, 0.2) is 0 Å². The van der Waals surface area contributed by atoms with Crippen LogP contribution < -0.4 is 4.74 Å². The number of ketones is 1. The molecule has 0 amide bonds. The first-order valence-electron chi connectivity index (χ1n) is 5.64. The number of Topliss-reactive ketones (excluding diaryl/α,β-unsaturated/α-hetero) is 1. The standard InChI is InChI=1S/C15H12O4/c1-19-13-8-7-11(14(16)15(17)18)9-12(13)10-5-3-2-4-6-10/h2-9H,1H3,(H,17,18). The molecule has 0 aliphatic carbocycles. The van der Waals surface area contributed by atoms with E-state index in [1.54, 1.807) is 6.07 Å². The van der Waals surface area contributed by atoms with Crippen LogP contribution in [0.25, 0.3) is 11.1 Å². The molecule has 0 aromatic heterocycles. The number of carboxylic acid groups (broad SMARTS) is 1. The van der Waals surface area contributed by atoms with Gasteiger partial charge in [-0.25, -0.2) is 4.79 Å². The minimum atomic E-state index is -1.47. The summed E-state index contributed by atoms with van der Waals surface area (Å²) in [6, 6.07) is 13.9. The van der Waals surface area contributed by atoms with Crippen LogP contribution in [-0.2, 0) is 4.79 Å². The number of aliphatic carboxylic acids is 1. The van der Waals surface area contributed by atoms with Gasteiger partial charge >= 0.3 is 5.97 Å². The van der Waals surface area contributed by atoms with Crippen molar-refractivity contribution in [3.8, 4) is 16.9 Å². The zero-order valence-corrected chi connectivity index (χ0v) is 10.3. The van der Waals surface area contributed by atoms with Crippen LogP contribution in [0.4, 0.5) is 0 Å². The molecule has 2 rings (SSSR count). The maximum absolute atomic E-state index is 11.5. The van der Waals surface area contributed by atoms with Crippen molar-refractivity contribution >= 4 is 11.8 Å². The number of carbonyl (C=O) groups excluding carboxylic acids is 1. The molecule has 0 heterocycles. The van der Waals surface area contributed by atoms with Crippen LogP contribution in [0.5, 0.6) is 5.75 Å². The zero-order chi connectivity index (χ0) is 13.8. The molecule has 0 saturated carbocycles. The summed E-state index contributed by atoms with van der Waals surface area (Å²) in [5, 5.41) is 8.74. The topological polar surface area (TPSA) is 63.6 Å². The first-order valence-corrected chi connectivity index (χ1v) is 5.64. The van der Waals surface area contributed by atoms with Crippen molar-refractivity contribution in [2.75, 3.05) is 7.11 Å². The number of carboxylic acids is 1. The van der Waals surface area contributed by atoms with Crippen molar-refractivity contribution in [2.45, 2.75) is 0 Å². The lowest BCUT2D eigenvalue weighted by atomic mass is 10.00. The summed E-state index contributed by atoms with van der Waals surface area (Å²) in [5.41, 5.74) is 1.68. The fraction of sp³-hybridized carbons (Fsp3) is 0.0667. The van der Waals surface area contributed by atoms with Gasteiger partial charge in [0.1, 0.15) is 5.75 Å². The van der Waals surface area contributed by atoms with Gasteiger partial charge in [-0.05, 0) is 23.8 Å². The van der Waals surface area contributed by atoms with Crippen molar-refractivity contribution in [3.63, 3.8) is 0 Å². The molecule has 1 N–H and O–H groups in total. The number of hydrogen-bond acceptors (Lipinski definition) is 3. The lowest BCUT2D eigenvalue weighted by molar-refractivity contribution is -0.131. The third-order valence-corrected chi connectivity index (χ3v) is 2.74. The van der Waals surface area contributed by atoms with Crippen LogP contribution in [0, 0.1) is 0 Å². The highest BCUT2D eigenvalue weighted by Crippen LogP contribution is 2.30. The molecule has 0 fully saturated rings. The van der Waals surface area contributed by atoms with Crippen molar-refractivity contribution in [1.82, 2.24) is 0 Å². The molecule has 0 saturated heterocycles. The molecule has 0 bridgehead atoms. The second-order valence-electron chi connectivity index (χ2n) is 3.92. The SMILES string of the molecule is COc1ccc(C(=O)C(=O)O)cc1-c1ccccc1. The molecule has 0 radical (unpaired) electrons. The predicted molar refractivity (Wildman–Crippen MR) is 70.4 cm³/mol. The molecule has 4 nitrogen and oxygen atoms in total. The summed E-state index contributed by atoms with van der Waals surface area (Å²) in [6.45, 7) is 0. The normalized spacial score (nSPS) is 9.95. The fourth-order valence-electron chi connectivity index (χ4n) is 1.82. The van der Waals surface area contributed by atoms with Gasteiger partial charge in [-0.2, -0.15) is 0 Å². The Labute approximate surface area is 110 Å². The molecular weight excluding hydrogens is 244 g/mol. The van der Waals surface area contributed by atoms with E-state index >= 15 is 0 Å². The van der Waals surface area contributed by atoms with Gasteiger partial charge in [0.05, 0.1) is 7.11 Å². The Kier molecular flexibility index (Phi) is 3.61. The van der Waals surface area contributed by atoms with Gasteiger partial charge in [-0.3, -0.25) is 4.79 Å². The average molecular weight is 256 g/mol. The Balaban J connectivity index is 2.55. The Morgan fingerprint density at radius 2 is 1.74 bits per heavy atom. The van der Waals surface area contributed by atoms with Crippen molar-refractivity contribution in [2.24, 2.45) is 0 Å². The number of ether oxygens (including phenoxy) is 1. The average Bonchev–Trinajstić information content (AvgIpc) is 2.46. The Morgan fingerprint density at radius 3 is 2.32 bits per heavy atom. The first kappa shape index (κ1) is 12.8. The second-order valence-corrected chi connectivity index (χ2v) is 3.92. The highest BCUT2D eigenvalue weighted by molar-refractivity contribution is 6.40. The zero-order valence-electron chi connectivity index (χ0n) is 10.3. The van der Waals surface area contributed by atoms with E-state index in [-0.39, 0.29) is 5.56 Å². The molecule has 96 valence electrons. The number of hydrogen-bond donors (Lipinski definition) is 1. The van der Waals surface area contributed by atoms with Gasteiger partial charge in [0.25, 0.3) is 5.78 Å². The molecule has 0 unspecified atom stereocenters. The highest BCUT2D eigenvalue weighted by Gasteiger charge is 2.17. The molecule has 0 aliphatic heterocycles. The second kappa shape index (κ2) is 5.35. The third-order valence-electron chi connectivity index (χ3n) is 2.74. The minimum Gasteiger partial charge on any atom is -0.496 e. The number of benzene rings is 2. The third kappa shape index (κ3) is 2.63. The summed E-state index contributed by atoms with van der Waals surface area (Å²) in [6.07, 6.45) is 0. The minimum absolute atomic E-state index is 0.132. The lowest BCUT2D eigenvalue weighted by Gasteiger charge is -2.09. The van der Waals surface area contributed by atoms with E-state index in [0.717, 1.165) is 5.56 Å². The van der Waals surface area contributed by atoms with E-state index in [9.17, 15) is 9.59 Å². The molecule has 0 atom stereocenters. The van der Waals surface area contributed by atoms with Gasteiger partial charge < -0.3 is 9.84 Å². The van der Waals surface area contributed by atoms with Gasteiger partial charge in [-0.15, -0.1) is 0 Å². The molecule has 0 spiro atoms. The van der Waals surface area contributed by atoms with Crippen molar-refractivity contribution in [3.05, 3.63) is 54.1 Å². The van der Waals surface area contributed by atoms with E-state index in [4.69, 9.17) is 9.84 Å². The molecule has 0 aliphatic rings. The van der Waals surface area contributed by atoms with Crippen LogP contribution >= 0.6 is 0 Å². The Bertz CT molecular complexity index is 617. The first-order chi connectivity index (χ1) is 9.13. The molecular formula is C15H12O4. The summed E-state index contributed by atoms with van der Waals surface area (Å²) >= 11 is 0. The van der Waals surface area contributed by atoms with E-state index in [0.29, 0.717) is 11.3 Å². The van der Waals surface area contributed by atoms with Gasteiger partial charge in [0, 0.05) is 11.1 Å². The fourth-order valence-corrected chi connectivity index (χ4v) is 1.82. The van der Waals surface area contributed by atoms with Crippen LogP contribution in [-0.4, -0.2) is 24.0 Å². The number of rotatable bonds is 4.